The van der Waals surface area contributed by atoms with Gasteiger partial charge in [-0.1, -0.05) is 6.07 Å². The predicted molar refractivity (Wildman–Crippen MR) is 93.8 cm³/mol. The second-order valence-corrected chi connectivity index (χ2v) is 6.75. The van der Waals surface area contributed by atoms with Crippen LogP contribution in [0, 0.1) is 0 Å². The van der Waals surface area contributed by atoms with E-state index >= 15 is 0 Å². The van der Waals surface area contributed by atoms with Crippen LogP contribution >= 0.6 is 11.3 Å². The number of carbonyl (C=O) groups is 1. The molecule has 0 spiro atoms. The fourth-order valence-corrected chi connectivity index (χ4v) is 3.21. The molecule has 2 aromatic rings. The third-order valence-electron chi connectivity index (χ3n) is 3.82. The Labute approximate surface area is 157 Å². The van der Waals surface area contributed by atoms with E-state index in [0.717, 1.165) is 30.9 Å². The Hall–Kier alpha value is -2.17. The molecule has 0 bridgehead atoms. The molecule has 1 aliphatic heterocycles. The van der Waals surface area contributed by atoms with Crippen molar-refractivity contribution in [1.82, 2.24) is 9.88 Å². The van der Waals surface area contributed by atoms with Crippen molar-refractivity contribution >= 4 is 22.4 Å². The molecule has 10 heteroatoms. The van der Waals surface area contributed by atoms with E-state index in [0.29, 0.717) is 24.9 Å². The SMILES string of the molecule is O=C(COc1cccc(C(F)(F)F)c1)Nc1nc(CN2CCOCC2)cs1. The van der Waals surface area contributed by atoms with Gasteiger partial charge in [0.25, 0.3) is 5.91 Å². The molecule has 1 amide bonds. The highest BCUT2D eigenvalue weighted by molar-refractivity contribution is 7.13. The lowest BCUT2D eigenvalue weighted by Crippen LogP contribution is -2.35. The van der Waals surface area contributed by atoms with Gasteiger partial charge >= 0.3 is 6.18 Å². The Balaban J connectivity index is 1.48. The molecule has 1 aromatic carbocycles. The summed E-state index contributed by atoms with van der Waals surface area (Å²) in [6.07, 6.45) is -4.46. The summed E-state index contributed by atoms with van der Waals surface area (Å²) in [6.45, 7) is 3.34. The molecule has 1 N–H and O–H groups in total. The zero-order valence-electron chi connectivity index (χ0n) is 14.3. The Bertz CT molecular complexity index is 776. The number of nitrogens with one attached hydrogen (secondary N) is 1. The van der Waals surface area contributed by atoms with Gasteiger partial charge in [0.15, 0.2) is 11.7 Å². The normalized spacial score (nSPS) is 15.5. The number of halogens is 3. The number of carbonyl (C=O) groups excluding carboxylic acids is 1. The first-order chi connectivity index (χ1) is 12.9. The number of nitrogens with zero attached hydrogens (tertiary/aromatic N) is 2. The number of morpholine rings is 1. The van der Waals surface area contributed by atoms with Gasteiger partial charge in [0, 0.05) is 25.0 Å². The number of anilines is 1. The van der Waals surface area contributed by atoms with Crippen LogP contribution in [0.15, 0.2) is 29.6 Å². The Morgan fingerprint density at radius 1 is 1.33 bits per heavy atom. The van der Waals surface area contributed by atoms with Crippen molar-refractivity contribution in [2.24, 2.45) is 0 Å². The quantitative estimate of drug-likeness (QED) is 0.806. The molecule has 3 rings (SSSR count). The zero-order chi connectivity index (χ0) is 19.3. The molecule has 6 nitrogen and oxygen atoms in total. The van der Waals surface area contributed by atoms with Crippen molar-refractivity contribution in [3.05, 3.63) is 40.9 Å². The van der Waals surface area contributed by atoms with Gasteiger partial charge in [0.1, 0.15) is 5.75 Å². The van der Waals surface area contributed by atoms with Gasteiger partial charge in [-0.05, 0) is 18.2 Å². The molecule has 0 atom stereocenters. The van der Waals surface area contributed by atoms with E-state index in [2.05, 4.69) is 15.2 Å². The van der Waals surface area contributed by atoms with E-state index in [1.54, 1.807) is 0 Å². The van der Waals surface area contributed by atoms with Crippen molar-refractivity contribution in [3.63, 3.8) is 0 Å². The third-order valence-corrected chi connectivity index (χ3v) is 4.63. The lowest BCUT2D eigenvalue weighted by atomic mass is 10.2. The summed E-state index contributed by atoms with van der Waals surface area (Å²) in [4.78, 5) is 18.5. The van der Waals surface area contributed by atoms with Crippen molar-refractivity contribution in [3.8, 4) is 5.75 Å². The number of hydrogen-bond donors (Lipinski definition) is 1. The number of amides is 1. The van der Waals surface area contributed by atoms with Crippen LogP contribution < -0.4 is 10.1 Å². The number of ether oxygens (including phenoxy) is 2. The van der Waals surface area contributed by atoms with Crippen LogP contribution in [0.2, 0.25) is 0 Å². The van der Waals surface area contributed by atoms with Crippen LogP contribution in [0.3, 0.4) is 0 Å². The molecule has 1 saturated heterocycles. The number of aromatic nitrogens is 1. The molecule has 1 aliphatic rings. The van der Waals surface area contributed by atoms with Gasteiger partial charge in [-0.15, -0.1) is 11.3 Å². The second-order valence-electron chi connectivity index (χ2n) is 5.89. The number of rotatable bonds is 6. The molecule has 0 unspecified atom stereocenters. The van der Waals surface area contributed by atoms with Crippen LogP contribution in [-0.4, -0.2) is 48.7 Å². The summed E-state index contributed by atoms with van der Waals surface area (Å²) in [7, 11) is 0. The topological polar surface area (TPSA) is 63.7 Å². The highest BCUT2D eigenvalue weighted by Gasteiger charge is 2.30. The first-order valence-electron chi connectivity index (χ1n) is 8.24. The van der Waals surface area contributed by atoms with E-state index in [-0.39, 0.29) is 5.75 Å². The van der Waals surface area contributed by atoms with Crippen molar-refractivity contribution in [1.29, 1.82) is 0 Å². The fraction of sp³-hybridized carbons (Fsp3) is 0.412. The lowest BCUT2D eigenvalue weighted by molar-refractivity contribution is -0.137. The largest absolute Gasteiger partial charge is 0.484 e. The molecule has 1 aromatic heterocycles. The van der Waals surface area contributed by atoms with Crippen molar-refractivity contribution in [2.75, 3.05) is 38.2 Å². The summed E-state index contributed by atoms with van der Waals surface area (Å²) < 4.78 is 48.5. The standard InChI is InChI=1S/C17H18F3N3O3S/c18-17(19,20)12-2-1-3-14(8-12)26-10-15(24)22-16-21-13(11-27-16)9-23-4-6-25-7-5-23/h1-3,8,11H,4-7,9-10H2,(H,21,22,24). The molecule has 27 heavy (non-hydrogen) atoms. The van der Waals surface area contributed by atoms with Gasteiger partial charge in [-0.25, -0.2) is 4.98 Å². The summed E-state index contributed by atoms with van der Waals surface area (Å²) >= 11 is 1.29. The van der Waals surface area contributed by atoms with Gasteiger partial charge in [-0.3, -0.25) is 15.0 Å². The van der Waals surface area contributed by atoms with E-state index in [9.17, 15) is 18.0 Å². The van der Waals surface area contributed by atoms with Crippen LogP contribution in [0.4, 0.5) is 18.3 Å². The van der Waals surface area contributed by atoms with Crippen LogP contribution in [0.1, 0.15) is 11.3 Å². The summed E-state index contributed by atoms with van der Waals surface area (Å²) in [5.74, 6) is -0.508. The van der Waals surface area contributed by atoms with E-state index < -0.39 is 24.3 Å². The van der Waals surface area contributed by atoms with Gasteiger partial charge < -0.3 is 9.47 Å². The van der Waals surface area contributed by atoms with Crippen molar-refractivity contribution in [2.45, 2.75) is 12.7 Å². The minimum atomic E-state index is -4.46. The highest BCUT2D eigenvalue weighted by atomic mass is 32.1. The summed E-state index contributed by atoms with van der Waals surface area (Å²) in [5.41, 5.74) is 0.0177. The maximum Gasteiger partial charge on any atom is 0.416 e. The molecular weight excluding hydrogens is 383 g/mol. The van der Waals surface area contributed by atoms with Crippen LogP contribution in [0.25, 0.3) is 0 Å². The fourth-order valence-electron chi connectivity index (χ4n) is 2.49. The van der Waals surface area contributed by atoms with Crippen molar-refractivity contribution < 1.29 is 27.4 Å². The van der Waals surface area contributed by atoms with E-state index in [1.807, 2.05) is 5.38 Å². The third kappa shape index (κ3) is 5.91. The molecule has 0 radical (unpaired) electrons. The molecule has 0 aliphatic carbocycles. The second kappa shape index (κ2) is 8.68. The highest BCUT2D eigenvalue weighted by Crippen LogP contribution is 2.31. The zero-order valence-corrected chi connectivity index (χ0v) is 15.1. The maximum absolute atomic E-state index is 12.7. The predicted octanol–water partition coefficient (Wildman–Crippen LogP) is 3.01. The molecule has 2 heterocycles. The Kier molecular flexibility index (Phi) is 6.30. The lowest BCUT2D eigenvalue weighted by Gasteiger charge is -2.25. The molecule has 0 saturated carbocycles. The number of benzene rings is 1. The molecule has 1 fully saturated rings. The Morgan fingerprint density at radius 3 is 2.85 bits per heavy atom. The average molecular weight is 401 g/mol. The first kappa shape index (κ1) is 19.6. The number of hydrogen-bond acceptors (Lipinski definition) is 6. The maximum atomic E-state index is 12.7. The molecule has 146 valence electrons. The van der Waals surface area contributed by atoms with Gasteiger partial charge in [0.05, 0.1) is 24.5 Å². The number of alkyl halides is 3. The minimum Gasteiger partial charge on any atom is -0.484 e. The summed E-state index contributed by atoms with van der Waals surface area (Å²) in [6, 6.07) is 4.40. The molecular formula is C17H18F3N3O3S. The van der Waals surface area contributed by atoms with Gasteiger partial charge in [-0.2, -0.15) is 13.2 Å². The summed E-state index contributed by atoms with van der Waals surface area (Å²) in [5, 5.41) is 4.88. The number of thiazole rings is 1. The minimum absolute atomic E-state index is 0.0212. The Morgan fingerprint density at radius 2 is 2.11 bits per heavy atom. The van der Waals surface area contributed by atoms with Crippen LogP contribution in [-0.2, 0) is 22.3 Å². The van der Waals surface area contributed by atoms with E-state index in [1.165, 1.54) is 23.5 Å². The monoisotopic (exact) mass is 401 g/mol. The van der Waals surface area contributed by atoms with E-state index in [4.69, 9.17) is 9.47 Å². The van der Waals surface area contributed by atoms with Gasteiger partial charge in [0.2, 0.25) is 0 Å². The smallest absolute Gasteiger partial charge is 0.416 e. The first-order valence-corrected chi connectivity index (χ1v) is 9.12. The average Bonchev–Trinajstić information content (AvgIpc) is 3.07. The van der Waals surface area contributed by atoms with Crippen LogP contribution in [0.5, 0.6) is 5.75 Å².